The van der Waals surface area contributed by atoms with E-state index in [0.29, 0.717) is 19.8 Å². The molecule has 0 amide bonds. The Labute approximate surface area is 94.1 Å². The van der Waals surface area contributed by atoms with Crippen molar-refractivity contribution in [3.05, 3.63) is 43.2 Å². The van der Waals surface area contributed by atoms with Gasteiger partial charge in [-0.15, -0.1) is 6.58 Å². The van der Waals surface area contributed by atoms with Gasteiger partial charge in [0.2, 0.25) is 0 Å². The van der Waals surface area contributed by atoms with E-state index >= 15 is 0 Å². The van der Waals surface area contributed by atoms with E-state index in [-0.39, 0.29) is 0 Å². The minimum atomic E-state index is 0.526. The Hall–Kier alpha value is -1.81. The van der Waals surface area contributed by atoms with Crippen LogP contribution >= 0.6 is 0 Å². The van der Waals surface area contributed by atoms with Crippen molar-refractivity contribution in [3.8, 4) is 5.75 Å². The van der Waals surface area contributed by atoms with Gasteiger partial charge in [-0.3, -0.25) is 0 Å². The molecule has 2 aromatic heterocycles. The molecule has 0 spiro atoms. The summed E-state index contributed by atoms with van der Waals surface area (Å²) in [6.45, 7) is 5.21. The number of hydrogen-bond donors (Lipinski definition) is 0. The molecule has 0 aromatic carbocycles. The number of nitrogens with zero attached hydrogens (tertiary/aromatic N) is 2. The van der Waals surface area contributed by atoms with Crippen LogP contribution in [0.1, 0.15) is 0 Å². The molecule has 0 unspecified atom stereocenters. The highest BCUT2D eigenvalue weighted by molar-refractivity contribution is 5.58. The summed E-state index contributed by atoms with van der Waals surface area (Å²) < 4.78 is 12.6. The summed E-state index contributed by atoms with van der Waals surface area (Å²) in [5, 5.41) is 4.13. The maximum absolute atomic E-state index is 5.60. The lowest BCUT2D eigenvalue weighted by Gasteiger charge is -2.07. The molecule has 0 aliphatic carbocycles. The molecule has 2 heterocycles. The van der Waals surface area contributed by atoms with Crippen molar-refractivity contribution in [2.24, 2.45) is 0 Å². The van der Waals surface area contributed by atoms with Gasteiger partial charge >= 0.3 is 0 Å². The largest absolute Gasteiger partial charge is 0.489 e. The van der Waals surface area contributed by atoms with Gasteiger partial charge in [-0.05, 0) is 18.2 Å². The zero-order valence-electron chi connectivity index (χ0n) is 9.00. The first-order valence-electron chi connectivity index (χ1n) is 5.15. The first-order valence-corrected chi connectivity index (χ1v) is 5.15. The highest BCUT2D eigenvalue weighted by atomic mass is 16.5. The molecule has 0 fully saturated rings. The lowest BCUT2D eigenvalue weighted by Crippen LogP contribution is -2.07. The molecule has 0 bridgehead atoms. The van der Waals surface area contributed by atoms with Crippen LogP contribution in [0, 0.1) is 0 Å². The van der Waals surface area contributed by atoms with Gasteiger partial charge in [-0.1, -0.05) is 6.08 Å². The lowest BCUT2D eigenvalue weighted by atomic mass is 10.4. The van der Waals surface area contributed by atoms with Gasteiger partial charge < -0.3 is 9.47 Å². The standard InChI is InChI=1S/C12H14N2O2/c1-2-8-15-9-10-16-12-4-3-7-14-11(12)5-6-13-14/h2-7H,1,8-10H2. The van der Waals surface area contributed by atoms with E-state index < -0.39 is 0 Å². The summed E-state index contributed by atoms with van der Waals surface area (Å²) in [4.78, 5) is 0. The smallest absolute Gasteiger partial charge is 0.145 e. The van der Waals surface area contributed by atoms with Crippen LogP contribution in [0.3, 0.4) is 0 Å². The minimum absolute atomic E-state index is 0.526. The highest BCUT2D eigenvalue weighted by Crippen LogP contribution is 2.18. The number of aromatic nitrogens is 2. The first-order chi connectivity index (χ1) is 7.92. The van der Waals surface area contributed by atoms with Crippen LogP contribution in [0.25, 0.3) is 5.52 Å². The van der Waals surface area contributed by atoms with Crippen molar-refractivity contribution in [3.63, 3.8) is 0 Å². The second-order valence-corrected chi connectivity index (χ2v) is 3.25. The predicted molar refractivity (Wildman–Crippen MR) is 61.7 cm³/mol. The van der Waals surface area contributed by atoms with Crippen LogP contribution in [-0.4, -0.2) is 29.4 Å². The molecule has 0 radical (unpaired) electrons. The van der Waals surface area contributed by atoms with E-state index in [2.05, 4.69) is 11.7 Å². The molecule has 2 rings (SSSR count). The fourth-order valence-corrected chi connectivity index (χ4v) is 1.42. The first kappa shape index (κ1) is 10.7. The predicted octanol–water partition coefficient (Wildman–Crippen LogP) is 1.92. The van der Waals surface area contributed by atoms with Gasteiger partial charge in [0, 0.05) is 6.20 Å². The molecule has 0 saturated heterocycles. The number of pyridine rings is 1. The lowest BCUT2D eigenvalue weighted by molar-refractivity contribution is 0.121. The minimum Gasteiger partial charge on any atom is -0.489 e. The summed E-state index contributed by atoms with van der Waals surface area (Å²) >= 11 is 0. The maximum atomic E-state index is 5.60. The average Bonchev–Trinajstić information content (AvgIpc) is 2.77. The van der Waals surface area contributed by atoms with Crippen molar-refractivity contribution < 1.29 is 9.47 Å². The van der Waals surface area contributed by atoms with Crippen molar-refractivity contribution in [1.29, 1.82) is 0 Å². The topological polar surface area (TPSA) is 35.8 Å². The van der Waals surface area contributed by atoms with Crippen molar-refractivity contribution >= 4 is 5.52 Å². The van der Waals surface area contributed by atoms with Crippen LogP contribution in [0.2, 0.25) is 0 Å². The van der Waals surface area contributed by atoms with Crippen LogP contribution in [0.15, 0.2) is 43.2 Å². The van der Waals surface area contributed by atoms with Crippen molar-refractivity contribution in [1.82, 2.24) is 9.61 Å². The molecule has 16 heavy (non-hydrogen) atoms. The normalized spacial score (nSPS) is 10.5. The monoisotopic (exact) mass is 218 g/mol. The molecule has 4 nitrogen and oxygen atoms in total. The molecular formula is C12H14N2O2. The molecule has 4 heteroatoms. The third-order valence-corrected chi connectivity index (χ3v) is 2.12. The van der Waals surface area contributed by atoms with Crippen LogP contribution in [-0.2, 0) is 4.74 Å². The molecule has 0 aliphatic rings. The fraction of sp³-hybridized carbons (Fsp3) is 0.250. The summed E-state index contributed by atoms with van der Waals surface area (Å²) in [5.74, 6) is 0.821. The Bertz CT molecular complexity index is 465. The average molecular weight is 218 g/mol. The number of ether oxygens (including phenoxy) is 2. The van der Waals surface area contributed by atoms with Crippen LogP contribution in [0.4, 0.5) is 0 Å². The van der Waals surface area contributed by atoms with E-state index in [9.17, 15) is 0 Å². The Morgan fingerprint density at radius 1 is 1.38 bits per heavy atom. The molecule has 0 atom stereocenters. The second-order valence-electron chi connectivity index (χ2n) is 3.25. The van der Waals surface area contributed by atoms with Crippen LogP contribution in [0.5, 0.6) is 5.75 Å². The zero-order valence-corrected chi connectivity index (χ0v) is 9.00. The molecule has 0 N–H and O–H groups in total. The number of rotatable bonds is 6. The van der Waals surface area contributed by atoms with Crippen molar-refractivity contribution in [2.45, 2.75) is 0 Å². The molecule has 2 aromatic rings. The zero-order chi connectivity index (χ0) is 11.2. The van der Waals surface area contributed by atoms with Gasteiger partial charge in [0.15, 0.2) is 0 Å². The summed E-state index contributed by atoms with van der Waals surface area (Å²) in [5.41, 5.74) is 0.964. The van der Waals surface area contributed by atoms with E-state index in [0.717, 1.165) is 11.3 Å². The Morgan fingerprint density at radius 3 is 3.19 bits per heavy atom. The van der Waals surface area contributed by atoms with E-state index in [1.807, 2.05) is 24.4 Å². The third-order valence-electron chi connectivity index (χ3n) is 2.12. The molecular weight excluding hydrogens is 204 g/mol. The Balaban J connectivity index is 1.93. The number of fused-ring (bicyclic) bond motifs is 1. The van der Waals surface area contributed by atoms with Crippen molar-refractivity contribution in [2.75, 3.05) is 19.8 Å². The van der Waals surface area contributed by atoms with E-state index in [1.165, 1.54) is 0 Å². The van der Waals surface area contributed by atoms with Gasteiger partial charge in [-0.25, -0.2) is 4.52 Å². The van der Waals surface area contributed by atoms with E-state index in [4.69, 9.17) is 9.47 Å². The number of hydrogen-bond acceptors (Lipinski definition) is 3. The molecule has 84 valence electrons. The Kier molecular flexibility index (Phi) is 3.56. The van der Waals surface area contributed by atoms with Gasteiger partial charge in [0.25, 0.3) is 0 Å². The summed E-state index contributed by atoms with van der Waals surface area (Å²) in [7, 11) is 0. The SMILES string of the molecule is C=CCOCCOc1cccn2nccc12. The summed E-state index contributed by atoms with van der Waals surface area (Å²) in [6.07, 6.45) is 5.35. The van der Waals surface area contributed by atoms with Gasteiger partial charge in [0.1, 0.15) is 17.9 Å². The van der Waals surface area contributed by atoms with Gasteiger partial charge in [-0.2, -0.15) is 5.10 Å². The van der Waals surface area contributed by atoms with E-state index in [1.54, 1.807) is 16.8 Å². The maximum Gasteiger partial charge on any atom is 0.145 e. The quantitative estimate of drug-likeness (QED) is 0.549. The van der Waals surface area contributed by atoms with Gasteiger partial charge in [0.05, 0.1) is 19.4 Å². The third kappa shape index (κ3) is 2.41. The molecule has 0 saturated carbocycles. The molecule has 0 aliphatic heterocycles. The Morgan fingerprint density at radius 2 is 2.31 bits per heavy atom. The van der Waals surface area contributed by atoms with Crippen LogP contribution < -0.4 is 4.74 Å². The second kappa shape index (κ2) is 5.32. The highest BCUT2D eigenvalue weighted by Gasteiger charge is 2.01. The fourth-order valence-electron chi connectivity index (χ4n) is 1.42. The summed E-state index contributed by atoms with van der Waals surface area (Å²) in [6, 6.07) is 5.74.